The van der Waals surface area contributed by atoms with E-state index in [4.69, 9.17) is 5.11 Å². The van der Waals surface area contributed by atoms with Crippen LogP contribution in [0.2, 0.25) is 0 Å². The Labute approximate surface area is 84.5 Å². The molecule has 0 amide bonds. The summed E-state index contributed by atoms with van der Waals surface area (Å²) < 4.78 is 1.02. The van der Waals surface area contributed by atoms with Gasteiger partial charge in [-0.05, 0) is 28.4 Å². The third-order valence-electron chi connectivity index (χ3n) is 1.30. The average molecular weight is 248 g/mol. The monoisotopic (exact) mass is 247 g/mol. The fraction of sp³-hybridized carbons (Fsp3) is 0.375. The van der Waals surface area contributed by atoms with E-state index < -0.39 is 0 Å². The molecule has 4 heteroatoms. The van der Waals surface area contributed by atoms with Gasteiger partial charge in [-0.2, -0.15) is 0 Å². The van der Waals surface area contributed by atoms with Crippen LogP contribution in [0.25, 0.3) is 0 Å². The molecule has 1 N–H and O–H groups in total. The number of nitrogens with zero attached hydrogens (tertiary/aromatic N) is 1. The van der Waals surface area contributed by atoms with Crippen molar-refractivity contribution in [1.29, 1.82) is 0 Å². The Hall–Kier alpha value is -0.0600. The summed E-state index contributed by atoms with van der Waals surface area (Å²) in [5, 5.41) is 8.58. The summed E-state index contributed by atoms with van der Waals surface area (Å²) in [6, 6.07) is 1.96. The second kappa shape index (κ2) is 5.56. The van der Waals surface area contributed by atoms with Crippen LogP contribution in [0, 0.1) is 0 Å². The van der Waals surface area contributed by atoms with Gasteiger partial charge in [0.1, 0.15) is 0 Å². The molecule has 1 aromatic rings. The summed E-state index contributed by atoms with van der Waals surface area (Å²) in [6.07, 6.45) is 4.38. The lowest BCUT2D eigenvalue weighted by atomic mass is 10.5. The normalized spacial score (nSPS) is 10.2. The maximum Gasteiger partial charge on any atom is 0.0494 e. The molecule has 0 unspecified atom stereocenters. The quantitative estimate of drug-likeness (QED) is 0.655. The Bertz CT molecular complexity index is 244. The third-order valence-corrected chi connectivity index (χ3v) is 3.35. The first kappa shape index (κ1) is 10.0. The zero-order chi connectivity index (χ0) is 8.81. The second-order valence-electron chi connectivity index (χ2n) is 2.23. The first-order valence-electron chi connectivity index (χ1n) is 3.68. The maximum atomic E-state index is 8.58. The van der Waals surface area contributed by atoms with E-state index in [-0.39, 0.29) is 6.61 Å². The predicted molar refractivity (Wildman–Crippen MR) is 54.4 cm³/mol. The molecule has 0 spiro atoms. The van der Waals surface area contributed by atoms with Crippen molar-refractivity contribution in [3.63, 3.8) is 0 Å². The lowest BCUT2D eigenvalue weighted by Crippen LogP contribution is -1.86. The van der Waals surface area contributed by atoms with Crippen LogP contribution >= 0.6 is 27.7 Å². The topological polar surface area (TPSA) is 33.1 Å². The van der Waals surface area contributed by atoms with Crippen molar-refractivity contribution in [1.82, 2.24) is 4.98 Å². The van der Waals surface area contributed by atoms with Crippen LogP contribution in [0.4, 0.5) is 0 Å². The van der Waals surface area contributed by atoms with E-state index >= 15 is 0 Å². The van der Waals surface area contributed by atoms with Gasteiger partial charge in [0.2, 0.25) is 0 Å². The summed E-state index contributed by atoms with van der Waals surface area (Å²) in [5.74, 6) is 0.944. The number of hydrogen-bond donors (Lipinski definition) is 1. The van der Waals surface area contributed by atoms with Crippen molar-refractivity contribution in [3.05, 3.63) is 22.9 Å². The van der Waals surface area contributed by atoms with Crippen LogP contribution in [0.5, 0.6) is 0 Å². The molecule has 0 aliphatic heterocycles. The zero-order valence-electron chi connectivity index (χ0n) is 6.53. The highest BCUT2D eigenvalue weighted by atomic mass is 79.9. The molecule has 0 saturated heterocycles. The molecule has 66 valence electrons. The van der Waals surface area contributed by atoms with Crippen LogP contribution in [0.1, 0.15) is 6.42 Å². The largest absolute Gasteiger partial charge is 0.396 e. The molecule has 0 aliphatic carbocycles. The van der Waals surface area contributed by atoms with Gasteiger partial charge < -0.3 is 5.11 Å². The van der Waals surface area contributed by atoms with E-state index in [9.17, 15) is 0 Å². The molecule has 0 radical (unpaired) electrons. The van der Waals surface area contributed by atoms with Crippen LogP contribution in [-0.4, -0.2) is 22.5 Å². The second-order valence-corrected chi connectivity index (χ2v) is 4.22. The fourth-order valence-corrected chi connectivity index (χ4v) is 2.16. The number of aromatic nitrogens is 1. The molecule has 12 heavy (non-hydrogen) atoms. The Morgan fingerprint density at radius 1 is 1.58 bits per heavy atom. The summed E-state index contributed by atoms with van der Waals surface area (Å²) in [6.45, 7) is 0.260. The third kappa shape index (κ3) is 3.13. The molecule has 1 heterocycles. The summed E-state index contributed by atoms with van der Waals surface area (Å²) in [7, 11) is 0. The number of pyridine rings is 1. The maximum absolute atomic E-state index is 8.58. The minimum absolute atomic E-state index is 0.260. The van der Waals surface area contributed by atoms with Crippen molar-refractivity contribution in [2.45, 2.75) is 11.3 Å². The Balaban J connectivity index is 2.46. The predicted octanol–water partition coefficient (Wildman–Crippen LogP) is 2.32. The molecule has 2 nitrogen and oxygen atoms in total. The van der Waals surface area contributed by atoms with E-state index in [0.717, 1.165) is 16.6 Å². The van der Waals surface area contributed by atoms with E-state index in [0.29, 0.717) is 0 Å². The molecule has 0 fully saturated rings. The van der Waals surface area contributed by atoms with E-state index in [1.54, 1.807) is 24.2 Å². The van der Waals surface area contributed by atoms with Gasteiger partial charge in [-0.25, -0.2) is 0 Å². The van der Waals surface area contributed by atoms with Crippen LogP contribution in [0.15, 0.2) is 27.8 Å². The zero-order valence-corrected chi connectivity index (χ0v) is 8.94. The first-order valence-corrected chi connectivity index (χ1v) is 5.45. The fourth-order valence-electron chi connectivity index (χ4n) is 0.726. The van der Waals surface area contributed by atoms with E-state index in [2.05, 4.69) is 20.9 Å². The number of halogens is 1. The van der Waals surface area contributed by atoms with Crippen molar-refractivity contribution in [2.24, 2.45) is 0 Å². The lowest BCUT2D eigenvalue weighted by Gasteiger charge is -2.01. The Morgan fingerprint density at radius 2 is 2.42 bits per heavy atom. The summed E-state index contributed by atoms with van der Waals surface area (Å²) in [5.41, 5.74) is 0. The highest BCUT2D eigenvalue weighted by Crippen LogP contribution is 2.26. The molecule has 0 saturated carbocycles. The number of rotatable bonds is 4. The van der Waals surface area contributed by atoms with Gasteiger partial charge in [-0.15, -0.1) is 11.8 Å². The van der Waals surface area contributed by atoms with Crippen molar-refractivity contribution >= 4 is 27.7 Å². The van der Waals surface area contributed by atoms with Crippen molar-refractivity contribution in [3.8, 4) is 0 Å². The number of aliphatic hydroxyl groups is 1. The highest BCUT2D eigenvalue weighted by Gasteiger charge is 1.98. The molecule has 1 aromatic heterocycles. The smallest absolute Gasteiger partial charge is 0.0494 e. The van der Waals surface area contributed by atoms with Crippen LogP contribution in [0.3, 0.4) is 0 Å². The van der Waals surface area contributed by atoms with Crippen LogP contribution < -0.4 is 0 Å². The van der Waals surface area contributed by atoms with Crippen molar-refractivity contribution < 1.29 is 5.11 Å². The van der Waals surface area contributed by atoms with Gasteiger partial charge in [-0.1, -0.05) is 0 Å². The van der Waals surface area contributed by atoms with Crippen molar-refractivity contribution in [2.75, 3.05) is 12.4 Å². The number of thioether (sulfide) groups is 1. The number of hydrogen-bond acceptors (Lipinski definition) is 3. The van der Waals surface area contributed by atoms with E-state index in [1.165, 1.54) is 4.90 Å². The standard InChI is InChI=1S/C8H10BrNOS/c9-7-6-10-3-2-8(7)12-5-1-4-11/h2-3,6,11H,1,4-5H2. The lowest BCUT2D eigenvalue weighted by molar-refractivity contribution is 0.296. The summed E-state index contributed by atoms with van der Waals surface area (Å²) >= 11 is 5.13. The van der Waals surface area contributed by atoms with Gasteiger partial charge in [0.05, 0.1) is 0 Å². The molecule has 1 rings (SSSR count). The number of aliphatic hydroxyl groups excluding tert-OH is 1. The van der Waals surface area contributed by atoms with Crippen LogP contribution in [-0.2, 0) is 0 Å². The average Bonchev–Trinajstić information content (AvgIpc) is 2.09. The van der Waals surface area contributed by atoms with Gasteiger partial charge in [0.15, 0.2) is 0 Å². The Morgan fingerprint density at radius 3 is 3.08 bits per heavy atom. The molecule has 0 atom stereocenters. The molecule has 0 bridgehead atoms. The van der Waals surface area contributed by atoms with Gasteiger partial charge in [0.25, 0.3) is 0 Å². The van der Waals surface area contributed by atoms with Gasteiger partial charge in [-0.3, -0.25) is 4.98 Å². The molecular weight excluding hydrogens is 238 g/mol. The van der Waals surface area contributed by atoms with Gasteiger partial charge in [0, 0.05) is 34.1 Å². The van der Waals surface area contributed by atoms with Gasteiger partial charge >= 0.3 is 0 Å². The summed E-state index contributed by atoms with van der Waals surface area (Å²) in [4.78, 5) is 5.14. The molecular formula is C8H10BrNOS. The SMILES string of the molecule is OCCCSc1ccncc1Br. The Kier molecular flexibility index (Phi) is 4.65. The van der Waals surface area contributed by atoms with E-state index in [1.807, 2.05) is 6.07 Å². The highest BCUT2D eigenvalue weighted by molar-refractivity contribution is 9.10. The minimum Gasteiger partial charge on any atom is -0.396 e. The molecule has 0 aromatic carbocycles. The first-order chi connectivity index (χ1) is 5.84. The minimum atomic E-state index is 0.260. The molecule has 0 aliphatic rings.